The van der Waals surface area contributed by atoms with E-state index in [1.54, 1.807) is 32.2 Å². The molecule has 0 radical (unpaired) electrons. The van der Waals surface area contributed by atoms with Crippen molar-refractivity contribution < 1.29 is 14.6 Å². The highest BCUT2D eigenvalue weighted by Gasteiger charge is 2.14. The van der Waals surface area contributed by atoms with Gasteiger partial charge < -0.3 is 20.5 Å². The first-order valence-corrected chi connectivity index (χ1v) is 5.32. The third-order valence-electron chi connectivity index (χ3n) is 2.43. The lowest BCUT2D eigenvalue weighted by Gasteiger charge is -2.19. The number of methoxy groups -OCH3 is 1. The first-order chi connectivity index (χ1) is 7.95. The molecule has 0 bridgehead atoms. The predicted molar refractivity (Wildman–Crippen MR) is 64.8 cm³/mol. The molecular formula is C12H18N2O3. The molecule has 1 amide bonds. The Kier molecular flexibility index (Phi) is 4.34. The Bertz CT molecular complexity index is 405. The second-order valence-electron chi connectivity index (χ2n) is 3.99. The quantitative estimate of drug-likeness (QED) is 0.810. The van der Waals surface area contributed by atoms with E-state index in [4.69, 9.17) is 10.5 Å². The molecule has 0 fully saturated rings. The predicted octanol–water partition coefficient (Wildman–Crippen LogP) is 0.706. The summed E-state index contributed by atoms with van der Waals surface area (Å²) in [6.45, 7) is 2.08. The molecule has 0 aliphatic heterocycles. The van der Waals surface area contributed by atoms with Crippen LogP contribution in [0.15, 0.2) is 18.2 Å². The van der Waals surface area contributed by atoms with Crippen molar-refractivity contribution in [1.29, 1.82) is 0 Å². The van der Waals surface area contributed by atoms with E-state index in [1.807, 2.05) is 0 Å². The first-order valence-electron chi connectivity index (χ1n) is 5.32. The zero-order valence-corrected chi connectivity index (χ0v) is 10.3. The van der Waals surface area contributed by atoms with E-state index in [1.165, 1.54) is 12.0 Å². The van der Waals surface area contributed by atoms with Crippen molar-refractivity contribution in [2.45, 2.75) is 19.5 Å². The van der Waals surface area contributed by atoms with Gasteiger partial charge in [0.15, 0.2) is 11.5 Å². The van der Waals surface area contributed by atoms with E-state index >= 15 is 0 Å². The topological polar surface area (TPSA) is 75.8 Å². The van der Waals surface area contributed by atoms with E-state index in [9.17, 15) is 9.90 Å². The first kappa shape index (κ1) is 13.3. The van der Waals surface area contributed by atoms with Crippen molar-refractivity contribution in [1.82, 2.24) is 4.90 Å². The van der Waals surface area contributed by atoms with Gasteiger partial charge in [-0.05, 0) is 24.6 Å². The molecule has 17 heavy (non-hydrogen) atoms. The Morgan fingerprint density at radius 3 is 2.76 bits per heavy atom. The second kappa shape index (κ2) is 5.54. The highest BCUT2D eigenvalue weighted by Crippen LogP contribution is 2.26. The van der Waals surface area contributed by atoms with Gasteiger partial charge in [0.1, 0.15) is 0 Å². The summed E-state index contributed by atoms with van der Waals surface area (Å²) >= 11 is 0. The van der Waals surface area contributed by atoms with E-state index in [2.05, 4.69) is 0 Å². The van der Waals surface area contributed by atoms with Crippen LogP contribution in [0.4, 0.5) is 0 Å². The number of phenols is 1. The highest BCUT2D eigenvalue weighted by atomic mass is 16.5. The minimum atomic E-state index is -0.515. The molecule has 0 unspecified atom stereocenters. The molecule has 0 aromatic heterocycles. The Morgan fingerprint density at radius 2 is 2.24 bits per heavy atom. The number of carbonyl (C=O) groups excluding carboxylic acids is 1. The lowest BCUT2D eigenvalue weighted by Crippen LogP contribution is -2.39. The van der Waals surface area contributed by atoms with Gasteiger partial charge in [-0.2, -0.15) is 0 Å². The average Bonchev–Trinajstić information content (AvgIpc) is 2.30. The molecular weight excluding hydrogens is 220 g/mol. The van der Waals surface area contributed by atoms with Crippen molar-refractivity contribution in [3.8, 4) is 11.5 Å². The number of rotatable bonds is 4. The zero-order valence-electron chi connectivity index (χ0n) is 10.3. The van der Waals surface area contributed by atoms with E-state index in [0.717, 1.165) is 5.56 Å². The van der Waals surface area contributed by atoms with Gasteiger partial charge in [-0.25, -0.2) is 0 Å². The summed E-state index contributed by atoms with van der Waals surface area (Å²) in [4.78, 5) is 13.1. The Morgan fingerprint density at radius 1 is 1.59 bits per heavy atom. The monoisotopic (exact) mass is 238 g/mol. The maximum Gasteiger partial charge on any atom is 0.239 e. The number of carbonyl (C=O) groups is 1. The van der Waals surface area contributed by atoms with Gasteiger partial charge in [0, 0.05) is 13.6 Å². The van der Waals surface area contributed by atoms with Crippen LogP contribution in [-0.2, 0) is 11.3 Å². The summed E-state index contributed by atoms with van der Waals surface area (Å²) in [6.07, 6.45) is 0. The van der Waals surface area contributed by atoms with Crippen molar-refractivity contribution >= 4 is 5.91 Å². The van der Waals surface area contributed by atoms with Crippen LogP contribution in [0.3, 0.4) is 0 Å². The minimum Gasteiger partial charge on any atom is -0.504 e. The molecule has 0 heterocycles. The number of phenolic OH excluding ortho intramolecular Hbond substituents is 1. The van der Waals surface area contributed by atoms with Crippen LogP contribution in [0.25, 0.3) is 0 Å². The Hall–Kier alpha value is -1.75. The third kappa shape index (κ3) is 3.35. The van der Waals surface area contributed by atoms with Gasteiger partial charge in [0.25, 0.3) is 0 Å². The van der Waals surface area contributed by atoms with Gasteiger partial charge in [-0.1, -0.05) is 6.07 Å². The average molecular weight is 238 g/mol. The fourth-order valence-electron chi connectivity index (χ4n) is 1.52. The fourth-order valence-corrected chi connectivity index (χ4v) is 1.52. The van der Waals surface area contributed by atoms with Gasteiger partial charge in [0.05, 0.1) is 13.2 Å². The standard InChI is InChI=1S/C12H18N2O3/c1-8(13)12(16)14(2)7-9-4-5-10(15)11(6-9)17-3/h4-6,8,15H,7,13H2,1-3H3/t8-/m0/s1. The number of hydrogen-bond donors (Lipinski definition) is 2. The van der Waals surface area contributed by atoms with Gasteiger partial charge in [-0.15, -0.1) is 0 Å². The number of benzene rings is 1. The number of likely N-dealkylation sites (N-methyl/N-ethyl adjacent to an activating group) is 1. The normalized spacial score (nSPS) is 12.0. The van der Waals surface area contributed by atoms with E-state index in [-0.39, 0.29) is 11.7 Å². The molecule has 1 atom stereocenters. The van der Waals surface area contributed by atoms with Crippen LogP contribution in [0.2, 0.25) is 0 Å². The molecule has 0 spiro atoms. The summed E-state index contributed by atoms with van der Waals surface area (Å²) in [6, 6.07) is 4.46. The number of ether oxygens (including phenoxy) is 1. The van der Waals surface area contributed by atoms with Crippen LogP contribution < -0.4 is 10.5 Å². The summed E-state index contributed by atoms with van der Waals surface area (Å²) in [7, 11) is 3.17. The third-order valence-corrected chi connectivity index (χ3v) is 2.43. The summed E-state index contributed by atoms with van der Waals surface area (Å²) in [5, 5.41) is 9.44. The van der Waals surface area contributed by atoms with Crippen molar-refractivity contribution in [2.75, 3.05) is 14.2 Å². The fraction of sp³-hybridized carbons (Fsp3) is 0.417. The molecule has 3 N–H and O–H groups in total. The Balaban J connectivity index is 2.78. The summed E-state index contributed by atoms with van der Waals surface area (Å²) in [5.41, 5.74) is 6.39. The number of aromatic hydroxyl groups is 1. The summed E-state index contributed by atoms with van der Waals surface area (Å²) < 4.78 is 5.00. The molecule has 0 saturated carbocycles. The maximum atomic E-state index is 11.6. The van der Waals surface area contributed by atoms with Crippen LogP contribution in [-0.4, -0.2) is 36.1 Å². The number of hydrogen-bond acceptors (Lipinski definition) is 4. The molecule has 5 nitrogen and oxygen atoms in total. The SMILES string of the molecule is COc1cc(CN(C)C(=O)[C@H](C)N)ccc1O. The molecule has 0 aliphatic carbocycles. The minimum absolute atomic E-state index is 0.0809. The number of nitrogens with zero attached hydrogens (tertiary/aromatic N) is 1. The molecule has 5 heteroatoms. The largest absolute Gasteiger partial charge is 0.504 e. The molecule has 1 rings (SSSR count). The summed E-state index contributed by atoms with van der Waals surface area (Å²) in [5.74, 6) is 0.346. The lowest BCUT2D eigenvalue weighted by molar-refractivity contribution is -0.131. The molecule has 1 aromatic rings. The van der Waals surface area contributed by atoms with Crippen LogP contribution in [0.5, 0.6) is 11.5 Å². The second-order valence-corrected chi connectivity index (χ2v) is 3.99. The smallest absolute Gasteiger partial charge is 0.239 e. The molecule has 0 saturated heterocycles. The van der Waals surface area contributed by atoms with Gasteiger partial charge >= 0.3 is 0 Å². The molecule has 0 aliphatic rings. The molecule has 1 aromatic carbocycles. The van der Waals surface area contributed by atoms with E-state index in [0.29, 0.717) is 12.3 Å². The zero-order chi connectivity index (χ0) is 13.0. The van der Waals surface area contributed by atoms with Crippen LogP contribution in [0.1, 0.15) is 12.5 Å². The van der Waals surface area contributed by atoms with Crippen molar-refractivity contribution in [2.24, 2.45) is 5.73 Å². The molecule has 94 valence electrons. The Labute approximate surface area is 101 Å². The van der Waals surface area contributed by atoms with Crippen molar-refractivity contribution in [3.63, 3.8) is 0 Å². The number of nitrogens with two attached hydrogens (primary N) is 1. The van der Waals surface area contributed by atoms with E-state index < -0.39 is 6.04 Å². The van der Waals surface area contributed by atoms with Crippen molar-refractivity contribution in [3.05, 3.63) is 23.8 Å². The van der Waals surface area contributed by atoms with Crippen LogP contribution in [0, 0.1) is 0 Å². The van der Waals surface area contributed by atoms with Gasteiger partial charge in [0.2, 0.25) is 5.91 Å². The van der Waals surface area contributed by atoms with Crippen LogP contribution >= 0.6 is 0 Å². The number of amides is 1. The highest BCUT2D eigenvalue weighted by molar-refractivity contribution is 5.80. The maximum absolute atomic E-state index is 11.6. The van der Waals surface area contributed by atoms with Gasteiger partial charge in [-0.3, -0.25) is 4.79 Å². The lowest BCUT2D eigenvalue weighted by atomic mass is 10.2.